The summed E-state index contributed by atoms with van der Waals surface area (Å²) in [6, 6.07) is 4.83. The van der Waals surface area contributed by atoms with Crippen molar-refractivity contribution < 1.29 is 19.4 Å². The Labute approximate surface area is 87.5 Å². The molecule has 0 aromatic heterocycles. The van der Waals surface area contributed by atoms with Crippen LogP contribution in [-0.4, -0.2) is 24.2 Å². The summed E-state index contributed by atoms with van der Waals surface area (Å²) in [5, 5.41) is 8.62. The second-order valence-electron chi connectivity index (χ2n) is 3.20. The van der Waals surface area contributed by atoms with Crippen LogP contribution in [0.5, 0.6) is 0 Å². The number of aliphatic carboxylic acids is 1. The largest absolute Gasteiger partial charge is 0.481 e. The van der Waals surface area contributed by atoms with E-state index in [1.165, 1.54) is 7.11 Å². The Kier molecular flexibility index (Phi) is 3.44. The van der Waals surface area contributed by atoms with Crippen molar-refractivity contribution in [2.45, 2.75) is 13.3 Å². The van der Waals surface area contributed by atoms with Gasteiger partial charge in [0.05, 0.1) is 19.1 Å². The minimum absolute atomic E-state index is 0.0344. The van der Waals surface area contributed by atoms with Gasteiger partial charge < -0.3 is 9.84 Å². The molecule has 4 nitrogen and oxygen atoms in total. The molecule has 0 bridgehead atoms. The second-order valence-corrected chi connectivity index (χ2v) is 3.20. The van der Waals surface area contributed by atoms with Gasteiger partial charge in [0.1, 0.15) is 0 Å². The molecule has 1 aromatic carbocycles. The Hall–Kier alpha value is -1.84. The van der Waals surface area contributed by atoms with Gasteiger partial charge >= 0.3 is 11.9 Å². The van der Waals surface area contributed by atoms with Crippen LogP contribution in [0.15, 0.2) is 18.2 Å². The number of hydrogen-bond donors (Lipinski definition) is 1. The first kappa shape index (κ1) is 11.2. The Morgan fingerprint density at radius 3 is 2.53 bits per heavy atom. The molecule has 15 heavy (non-hydrogen) atoms. The summed E-state index contributed by atoms with van der Waals surface area (Å²) in [5.41, 5.74) is 1.92. The van der Waals surface area contributed by atoms with Gasteiger partial charge in [0.15, 0.2) is 0 Å². The maximum atomic E-state index is 11.2. The molecule has 0 aliphatic heterocycles. The van der Waals surface area contributed by atoms with E-state index >= 15 is 0 Å². The van der Waals surface area contributed by atoms with Crippen molar-refractivity contribution in [1.29, 1.82) is 0 Å². The lowest BCUT2D eigenvalue weighted by Gasteiger charge is -2.05. The van der Waals surface area contributed by atoms with E-state index in [1.54, 1.807) is 25.1 Å². The van der Waals surface area contributed by atoms with Gasteiger partial charge in [0.25, 0.3) is 0 Å². The number of carbonyl (C=O) groups is 2. The number of carboxylic acid groups (broad SMARTS) is 1. The van der Waals surface area contributed by atoms with E-state index in [-0.39, 0.29) is 6.42 Å². The number of hydrogen-bond acceptors (Lipinski definition) is 3. The van der Waals surface area contributed by atoms with Gasteiger partial charge in [-0.05, 0) is 30.2 Å². The zero-order valence-electron chi connectivity index (χ0n) is 8.61. The first-order valence-corrected chi connectivity index (χ1v) is 4.44. The zero-order valence-corrected chi connectivity index (χ0v) is 8.61. The summed E-state index contributed by atoms with van der Waals surface area (Å²) in [5.74, 6) is -1.30. The van der Waals surface area contributed by atoms with E-state index in [4.69, 9.17) is 5.11 Å². The molecule has 0 unspecified atom stereocenters. The topological polar surface area (TPSA) is 63.6 Å². The molecular weight excluding hydrogens is 196 g/mol. The van der Waals surface area contributed by atoms with Crippen LogP contribution in [0.4, 0.5) is 0 Å². The smallest absolute Gasteiger partial charge is 0.337 e. The van der Waals surface area contributed by atoms with E-state index in [2.05, 4.69) is 4.74 Å². The van der Waals surface area contributed by atoms with E-state index < -0.39 is 11.9 Å². The number of carbonyl (C=O) groups excluding carboxylic acids is 1. The molecule has 0 saturated heterocycles. The minimum Gasteiger partial charge on any atom is -0.481 e. The summed E-state index contributed by atoms with van der Waals surface area (Å²) in [6.45, 7) is 1.77. The van der Waals surface area contributed by atoms with E-state index in [9.17, 15) is 9.59 Å². The van der Waals surface area contributed by atoms with Crippen molar-refractivity contribution in [2.75, 3.05) is 7.11 Å². The van der Waals surface area contributed by atoms with Crippen LogP contribution in [0.2, 0.25) is 0 Å². The number of esters is 1. The van der Waals surface area contributed by atoms with Crippen molar-refractivity contribution in [1.82, 2.24) is 0 Å². The van der Waals surface area contributed by atoms with Crippen LogP contribution in [0.3, 0.4) is 0 Å². The normalized spacial score (nSPS) is 9.73. The molecule has 80 valence electrons. The van der Waals surface area contributed by atoms with Crippen molar-refractivity contribution in [2.24, 2.45) is 0 Å². The molecule has 1 aromatic rings. The monoisotopic (exact) mass is 208 g/mol. The zero-order chi connectivity index (χ0) is 11.4. The molecular formula is C11H12O4. The van der Waals surface area contributed by atoms with Crippen molar-refractivity contribution in [3.63, 3.8) is 0 Å². The third-order valence-electron chi connectivity index (χ3n) is 2.11. The maximum absolute atomic E-state index is 11.2. The molecule has 0 heterocycles. The molecule has 0 saturated carbocycles. The molecule has 0 aliphatic rings. The summed E-state index contributed by atoms with van der Waals surface area (Å²) >= 11 is 0. The molecule has 0 atom stereocenters. The molecule has 0 spiro atoms. The fraction of sp³-hybridized carbons (Fsp3) is 0.273. The lowest BCUT2D eigenvalue weighted by atomic mass is 10.0. The lowest BCUT2D eigenvalue weighted by molar-refractivity contribution is -0.136. The molecule has 0 amide bonds. The molecule has 1 rings (SSSR count). The average molecular weight is 208 g/mol. The fourth-order valence-electron chi connectivity index (χ4n) is 1.30. The third-order valence-corrected chi connectivity index (χ3v) is 2.11. The Morgan fingerprint density at radius 1 is 1.40 bits per heavy atom. The molecule has 0 fully saturated rings. The summed E-state index contributed by atoms with van der Waals surface area (Å²) in [4.78, 5) is 21.7. The van der Waals surface area contributed by atoms with Crippen LogP contribution in [0.1, 0.15) is 21.5 Å². The minimum atomic E-state index is -0.885. The standard InChI is InChI=1S/C11H12O4/c1-7-5-9(11(14)15-2)4-3-8(7)6-10(12)13/h3-5H,6H2,1-2H3,(H,12,13). The van der Waals surface area contributed by atoms with Crippen LogP contribution in [0.25, 0.3) is 0 Å². The van der Waals surface area contributed by atoms with Crippen LogP contribution in [0, 0.1) is 6.92 Å². The van der Waals surface area contributed by atoms with Gasteiger partial charge in [0, 0.05) is 0 Å². The number of aryl methyl sites for hydroxylation is 1. The predicted molar refractivity (Wildman–Crippen MR) is 53.9 cm³/mol. The highest BCUT2D eigenvalue weighted by molar-refractivity contribution is 5.89. The number of benzene rings is 1. The Balaban J connectivity index is 2.97. The fourth-order valence-corrected chi connectivity index (χ4v) is 1.30. The highest BCUT2D eigenvalue weighted by Gasteiger charge is 2.09. The number of rotatable bonds is 3. The first-order chi connectivity index (χ1) is 7.04. The van der Waals surface area contributed by atoms with Crippen LogP contribution in [-0.2, 0) is 16.0 Å². The van der Waals surface area contributed by atoms with Gasteiger partial charge in [-0.3, -0.25) is 4.79 Å². The van der Waals surface area contributed by atoms with Gasteiger partial charge in [-0.25, -0.2) is 4.79 Å². The Morgan fingerprint density at radius 2 is 2.07 bits per heavy atom. The van der Waals surface area contributed by atoms with E-state index in [0.717, 1.165) is 5.56 Å². The van der Waals surface area contributed by atoms with Gasteiger partial charge in [0.2, 0.25) is 0 Å². The second kappa shape index (κ2) is 4.59. The van der Waals surface area contributed by atoms with Crippen molar-refractivity contribution in [3.8, 4) is 0 Å². The van der Waals surface area contributed by atoms with Crippen LogP contribution >= 0.6 is 0 Å². The van der Waals surface area contributed by atoms with Crippen molar-refractivity contribution >= 4 is 11.9 Å². The number of ether oxygens (including phenoxy) is 1. The highest BCUT2D eigenvalue weighted by Crippen LogP contribution is 2.12. The number of carboxylic acids is 1. The molecule has 1 N–H and O–H groups in total. The third kappa shape index (κ3) is 2.80. The predicted octanol–water partition coefficient (Wildman–Crippen LogP) is 1.41. The first-order valence-electron chi connectivity index (χ1n) is 4.44. The Bertz CT molecular complexity index is 396. The molecule has 0 radical (unpaired) electrons. The molecule has 0 aliphatic carbocycles. The van der Waals surface area contributed by atoms with Gasteiger partial charge in [-0.15, -0.1) is 0 Å². The average Bonchev–Trinajstić information content (AvgIpc) is 2.19. The maximum Gasteiger partial charge on any atom is 0.337 e. The number of methoxy groups -OCH3 is 1. The van der Waals surface area contributed by atoms with E-state index in [1.807, 2.05) is 0 Å². The SMILES string of the molecule is COC(=O)c1ccc(CC(=O)O)c(C)c1. The van der Waals surface area contributed by atoms with Gasteiger partial charge in [-0.1, -0.05) is 6.07 Å². The summed E-state index contributed by atoms with van der Waals surface area (Å²) in [7, 11) is 1.31. The summed E-state index contributed by atoms with van der Waals surface area (Å²) in [6.07, 6.45) is -0.0344. The van der Waals surface area contributed by atoms with Gasteiger partial charge in [-0.2, -0.15) is 0 Å². The molecule has 4 heteroatoms. The van der Waals surface area contributed by atoms with Crippen LogP contribution < -0.4 is 0 Å². The van der Waals surface area contributed by atoms with E-state index in [0.29, 0.717) is 11.1 Å². The quantitative estimate of drug-likeness (QED) is 0.763. The summed E-state index contributed by atoms with van der Waals surface area (Å²) < 4.78 is 4.56. The highest BCUT2D eigenvalue weighted by atomic mass is 16.5. The van der Waals surface area contributed by atoms with Crippen molar-refractivity contribution in [3.05, 3.63) is 34.9 Å². The lowest BCUT2D eigenvalue weighted by Crippen LogP contribution is -2.05.